The largest absolute Gasteiger partial charge is 0.460 e. The lowest BCUT2D eigenvalue weighted by atomic mass is 10.2. The van der Waals surface area contributed by atoms with Crippen molar-refractivity contribution in [1.29, 1.82) is 0 Å². The minimum absolute atomic E-state index is 0.0584. The average molecular weight is 256 g/mol. The van der Waals surface area contributed by atoms with Crippen LogP contribution >= 0.6 is 0 Å². The lowest BCUT2D eigenvalue weighted by Crippen LogP contribution is -2.12. The molecule has 0 saturated heterocycles. The van der Waals surface area contributed by atoms with Crippen molar-refractivity contribution in [2.75, 3.05) is 33.5 Å². The van der Waals surface area contributed by atoms with E-state index in [9.17, 15) is 9.18 Å². The van der Waals surface area contributed by atoms with Gasteiger partial charge in [0, 0.05) is 20.3 Å². The summed E-state index contributed by atoms with van der Waals surface area (Å²) in [5.74, 6) is -1.25. The number of carbonyl (C=O) groups excluding carboxylic acids is 1. The Morgan fingerprint density at radius 3 is 2.67 bits per heavy atom. The minimum Gasteiger partial charge on any atom is -0.460 e. The number of hydrogen-bond acceptors (Lipinski definition) is 4. The van der Waals surface area contributed by atoms with Crippen LogP contribution < -0.4 is 0 Å². The molecule has 4 nitrogen and oxygen atoms in total. The number of rotatable bonds is 8. The van der Waals surface area contributed by atoms with Crippen molar-refractivity contribution in [2.45, 2.75) is 6.42 Å². The minimum atomic E-state index is -0.673. The van der Waals surface area contributed by atoms with E-state index in [0.717, 1.165) is 6.42 Å². The zero-order chi connectivity index (χ0) is 13.2. The summed E-state index contributed by atoms with van der Waals surface area (Å²) in [7, 11) is 1.62. The molecule has 0 aliphatic rings. The van der Waals surface area contributed by atoms with Gasteiger partial charge in [-0.15, -0.1) is 0 Å². The molecule has 0 bridgehead atoms. The molecule has 0 saturated carbocycles. The van der Waals surface area contributed by atoms with Gasteiger partial charge in [-0.1, -0.05) is 12.1 Å². The van der Waals surface area contributed by atoms with E-state index in [-0.39, 0.29) is 12.2 Å². The molecular weight excluding hydrogens is 239 g/mol. The van der Waals surface area contributed by atoms with Crippen LogP contribution in [-0.4, -0.2) is 39.5 Å². The summed E-state index contributed by atoms with van der Waals surface area (Å²) in [4.78, 5) is 11.5. The van der Waals surface area contributed by atoms with Gasteiger partial charge in [0.2, 0.25) is 0 Å². The van der Waals surface area contributed by atoms with E-state index < -0.39 is 11.8 Å². The normalized spacial score (nSPS) is 10.3. The summed E-state index contributed by atoms with van der Waals surface area (Å²) in [6, 6.07) is 5.71. The molecular formula is C13H17FO4. The molecule has 1 aromatic rings. The number of carbonyl (C=O) groups is 1. The van der Waals surface area contributed by atoms with Gasteiger partial charge in [-0.25, -0.2) is 9.18 Å². The highest BCUT2D eigenvalue weighted by molar-refractivity contribution is 5.89. The highest BCUT2D eigenvalue weighted by atomic mass is 19.1. The number of benzene rings is 1. The third-order valence-corrected chi connectivity index (χ3v) is 2.19. The van der Waals surface area contributed by atoms with Crippen LogP contribution in [0.15, 0.2) is 24.3 Å². The summed E-state index contributed by atoms with van der Waals surface area (Å²) in [5, 5.41) is 0. The first kappa shape index (κ1) is 14.6. The van der Waals surface area contributed by atoms with E-state index in [2.05, 4.69) is 0 Å². The van der Waals surface area contributed by atoms with Crippen molar-refractivity contribution in [3.8, 4) is 0 Å². The van der Waals surface area contributed by atoms with Crippen LogP contribution in [0, 0.1) is 5.82 Å². The summed E-state index contributed by atoms with van der Waals surface area (Å²) in [6.07, 6.45) is 0.789. The molecule has 100 valence electrons. The van der Waals surface area contributed by atoms with Crippen LogP contribution in [0.4, 0.5) is 4.39 Å². The maximum Gasteiger partial charge on any atom is 0.341 e. The smallest absolute Gasteiger partial charge is 0.341 e. The van der Waals surface area contributed by atoms with E-state index in [1.165, 1.54) is 18.2 Å². The Hall–Kier alpha value is -1.46. The van der Waals surface area contributed by atoms with Crippen molar-refractivity contribution in [2.24, 2.45) is 0 Å². The third kappa shape index (κ3) is 5.25. The summed E-state index contributed by atoms with van der Waals surface area (Å²) in [5.41, 5.74) is -0.0584. The highest BCUT2D eigenvalue weighted by Gasteiger charge is 2.11. The molecule has 1 aromatic carbocycles. The predicted octanol–water partition coefficient (Wildman–Crippen LogP) is 2.04. The van der Waals surface area contributed by atoms with Gasteiger partial charge in [-0.3, -0.25) is 0 Å². The van der Waals surface area contributed by atoms with Crippen molar-refractivity contribution in [1.82, 2.24) is 0 Å². The number of hydrogen-bond donors (Lipinski definition) is 0. The quantitative estimate of drug-likeness (QED) is 0.527. The Bertz CT molecular complexity index is 368. The average Bonchev–Trinajstić information content (AvgIpc) is 2.38. The van der Waals surface area contributed by atoms with Crippen LogP contribution in [0.25, 0.3) is 0 Å². The molecule has 1 rings (SSSR count). The van der Waals surface area contributed by atoms with Gasteiger partial charge in [-0.2, -0.15) is 0 Å². The van der Waals surface area contributed by atoms with Crippen LogP contribution in [0.5, 0.6) is 0 Å². The maximum atomic E-state index is 13.2. The number of methoxy groups -OCH3 is 1. The molecule has 0 N–H and O–H groups in total. The van der Waals surface area contributed by atoms with Crippen molar-refractivity contribution in [3.05, 3.63) is 35.6 Å². The summed E-state index contributed by atoms with van der Waals surface area (Å²) in [6.45, 7) is 1.59. The molecule has 0 aliphatic carbocycles. The number of ether oxygens (including phenoxy) is 3. The molecule has 5 heteroatoms. The Balaban J connectivity index is 2.16. The van der Waals surface area contributed by atoms with E-state index in [1.54, 1.807) is 13.2 Å². The van der Waals surface area contributed by atoms with Gasteiger partial charge in [0.25, 0.3) is 0 Å². The van der Waals surface area contributed by atoms with E-state index in [4.69, 9.17) is 14.2 Å². The van der Waals surface area contributed by atoms with Gasteiger partial charge in [0.05, 0.1) is 12.2 Å². The highest BCUT2D eigenvalue weighted by Crippen LogP contribution is 2.07. The Morgan fingerprint density at radius 2 is 1.94 bits per heavy atom. The predicted molar refractivity (Wildman–Crippen MR) is 64.0 cm³/mol. The Labute approximate surface area is 106 Å². The third-order valence-electron chi connectivity index (χ3n) is 2.19. The van der Waals surface area contributed by atoms with E-state index in [0.29, 0.717) is 19.8 Å². The molecule has 0 radical (unpaired) electrons. The van der Waals surface area contributed by atoms with E-state index in [1.807, 2.05) is 0 Å². The Morgan fingerprint density at radius 1 is 1.17 bits per heavy atom. The van der Waals surface area contributed by atoms with Crippen LogP contribution in [0.2, 0.25) is 0 Å². The van der Waals surface area contributed by atoms with Gasteiger partial charge in [0.15, 0.2) is 0 Å². The second kappa shape index (κ2) is 8.60. The topological polar surface area (TPSA) is 44.8 Å². The second-order valence-electron chi connectivity index (χ2n) is 3.57. The van der Waals surface area contributed by atoms with E-state index >= 15 is 0 Å². The van der Waals surface area contributed by atoms with Crippen LogP contribution in [0.1, 0.15) is 16.8 Å². The maximum absolute atomic E-state index is 13.2. The first-order valence-electron chi connectivity index (χ1n) is 5.74. The fraction of sp³-hybridized carbons (Fsp3) is 0.462. The molecule has 0 aliphatic heterocycles. The van der Waals surface area contributed by atoms with Crippen LogP contribution in [0.3, 0.4) is 0 Å². The number of halogens is 1. The lowest BCUT2D eigenvalue weighted by molar-refractivity contribution is 0.0284. The number of esters is 1. The Kier molecular flexibility index (Phi) is 6.98. The van der Waals surface area contributed by atoms with Gasteiger partial charge in [-0.05, 0) is 18.6 Å². The zero-order valence-electron chi connectivity index (χ0n) is 10.4. The molecule has 0 unspecified atom stereocenters. The lowest BCUT2D eigenvalue weighted by Gasteiger charge is -2.06. The monoisotopic (exact) mass is 256 g/mol. The fourth-order valence-electron chi connectivity index (χ4n) is 1.31. The molecule has 0 atom stereocenters. The second-order valence-corrected chi connectivity index (χ2v) is 3.57. The van der Waals surface area contributed by atoms with Crippen molar-refractivity contribution < 1.29 is 23.4 Å². The zero-order valence-corrected chi connectivity index (χ0v) is 10.4. The van der Waals surface area contributed by atoms with Crippen molar-refractivity contribution >= 4 is 5.97 Å². The summed E-state index contributed by atoms with van der Waals surface area (Å²) >= 11 is 0. The standard InChI is InChI=1S/C13H17FO4/c1-16-7-4-8-17-9-10-18-13(15)11-5-2-3-6-12(11)14/h2-3,5-6H,4,7-10H2,1H3. The molecule has 0 spiro atoms. The van der Waals surface area contributed by atoms with Gasteiger partial charge < -0.3 is 14.2 Å². The SMILES string of the molecule is COCCCOCCOC(=O)c1ccccc1F. The first-order valence-corrected chi connectivity index (χ1v) is 5.74. The van der Waals surface area contributed by atoms with Gasteiger partial charge in [0.1, 0.15) is 12.4 Å². The van der Waals surface area contributed by atoms with Crippen LogP contribution in [-0.2, 0) is 14.2 Å². The van der Waals surface area contributed by atoms with Gasteiger partial charge >= 0.3 is 5.97 Å². The molecule has 0 amide bonds. The molecule has 0 aromatic heterocycles. The fourth-order valence-corrected chi connectivity index (χ4v) is 1.31. The summed E-state index contributed by atoms with van der Waals surface area (Å²) < 4.78 is 28.1. The van der Waals surface area contributed by atoms with Crippen molar-refractivity contribution in [3.63, 3.8) is 0 Å². The molecule has 0 heterocycles. The molecule has 0 fully saturated rings. The molecule has 18 heavy (non-hydrogen) atoms. The first-order chi connectivity index (χ1) is 8.75.